The van der Waals surface area contributed by atoms with Crippen LogP contribution in [0, 0.1) is 0 Å². The third kappa shape index (κ3) is 3.14. The Labute approximate surface area is 80.5 Å². The second kappa shape index (κ2) is 4.11. The van der Waals surface area contributed by atoms with Gasteiger partial charge in [-0.25, -0.2) is 4.79 Å². The van der Waals surface area contributed by atoms with Crippen molar-refractivity contribution >= 4 is 5.97 Å². The number of esters is 1. The molecule has 0 saturated carbocycles. The van der Waals surface area contributed by atoms with Gasteiger partial charge in [0.25, 0.3) is 0 Å². The molecule has 0 spiro atoms. The highest BCUT2D eigenvalue weighted by Crippen LogP contribution is 2.39. The van der Waals surface area contributed by atoms with Crippen molar-refractivity contribution in [1.82, 2.24) is 0 Å². The first-order chi connectivity index (χ1) is 6.50. The van der Waals surface area contributed by atoms with Gasteiger partial charge in [0, 0.05) is 0 Å². The monoisotopic (exact) mass is 236 g/mol. The minimum atomic E-state index is -5.87. The third-order valence-corrected chi connectivity index (χ3v) is 1.39. The van der Waals surface area contributed by atoms with Crippen molar-refractivity contribution in [3.63, 3.8) is 0 Å². The van der Waals surface area contributed by atoms with Gasteiger partial charge in [-0.15, -0.1) is 0 Å². The summed E-state index contributed by atoms with van der Waals surface area (Å²) < 4.78 is 75.3. The van der Waals surface area contributed by atoms with Crippen molar-refractivity contribution in [1.29, 1.82) is 0 Å². The van der Waals surface area contributed by atoms with E-state index in [1.165, 1.54) is 0 Å². The summed E-state index contributed by atoms with van der Waals surface area (Å²) in [7, 11) is 0. The molecule has 0 fully saturated rings. The van der Waals surface area contributed by atoms with E-state index in [-0.39, 0.29) is 0 Å². The van der Waals surface area contributed by atoms with Crippen LogP contribution in [-0.2, 0) is 9.53 Å². The summed E-state index contributed by atoms with van der Waals surface area (Å²) in [6.45, 7) is 2.68. The topological polar surface area (TPSA) is 26.3 Å². The average Bonchev–Trinajstić information content (AvgIpc) is 2.01. The van der Waals surface area contributed by atoms with Gasteiger partial charge < -0.3 is 4.74 Å². The van der Waals surface area contributed by atoms with Gasteiger partial charge in [0.15, 0.2) is 6.10 Å². The zero-order valence-electron chi connectivity index (χ0n) is 7.37. The molecule has 0 saturated heterocycles. The zero-order chi connectivity index (χ0) is 12.4. The maximum absolute atomic E-state index is 12.4. The Morgan fingerprint density at radius 3 is 1.93 bits per heavy atom. The Morgan fingerprint density at radius 1 is 1.27 bits per heavy atom. The standard InChI is InChI=1S/C7H6F6O2/c1-3(8)5(14)15-4(2)6(9,10)7(11,12)13/h4H,1H2,2H3. The van der Waals surface area contributed by atoms with Crippen molar-refractivity contribution in [2.75, 3.05) is 0 Å². The molecule has 0 radical (unpaired) electrons. The highest BCUT2D eigenvalue weighted by Gasteiger charge is 2.62. The fraction of sp³-hybridized carbons (Fsp3) is 0.571. The number of carbonyl (C=O) groups excluding carboxylic acids is 1. The van der Waals surface area contributed by atoms with E-state index in [4.69, 9.17) is 0 Å². The molecule has 0 aliphatic heterocycles. The van der Waals surface area contributed by atoms with E-state index < -0.39 is 30.0 Å². The summed E-state index contributed by atoms with van der Waals surface area (Å²) in [4.78, 5) is 10.3. The molecule has 8 heteroatoms. The summed E-state index contributed by atoms with van der Waals surface area (Å²) in [5.41, 5.74) is 0. The molecule has 0 bridgehead atoms. The van der Waals surface area contributed by atoms with Gasteiger partial charge in [0.2, 0.25) is 5.83 Å². The minimum absolute atomic E-state index is 0.300. The highest BCUT2D eigenvalue weighted by molar-refractivity contribution is 5.85. The molecule has 2 nitrogen and oxygen atoms in total. The van der Waals surface area contributed by atoms with Crippen LogP contribution in [0.15, 0.2) is 12.4 Å². The Balaban J connectivity index is 4.66. The van der Waals surface area contributed by atoms with E-state index >= 15 is 0 Å². The fourth-order valence-electron chi connectivity index (χ4n) is 0.529. The lowest BCUT2D eigenvalue weighted by Gasteiger charge is -2.25. The Morgan fingerprint density at radius 2 is 1.67 bits per heavy atom. The predicted octanol–water partition coefficient (Wildman–Crippen LogP) is 2.60. The quantitative estimate of drug-likeness (QED) is 0.427. The molecule has 0 N–H and O–H groups in total. The van der Waals surface area contributed by atoms with Crippen LogP contribution in [0.2, 0.25) is 0 Å². The number of halogens is 6. The van der Waals surface area contributed by atoms with Gasteiger partial charge in [0.1, 0.15) is 0 Å². The zero-order valence-corrected chi connectivity index (χ0v) is 7.37. The Bertz CT molecular complexity index is 269. The first-order valence-electron chi connectivity index (χ1n) is 3.50. The van der Waals surface area contributed by atoms with Crippen LogP contribution in [0.4, 0.5) is 26.3 Å². The number of alkyl halides is 5. The second-order valence-corrected chi connectivity index (χ2v) is 2.57. The van der Waals surface area contributed by atoms with E-state index in [1.54, 1.807) is 0 Å². The molecule has 0 aliphatic carbocycles. The van der Waals surface area contributed by atoms with Crippen molar-refractivity contribution in [3.8, 4) is 0 Å². The molecule has 0 aromatic rings. The van der Waals surface area contributed by atoms with Gasteiger partial charge in [-0.05, 0) is 6.92 Å². The first kappa shape index (κ1) is 13.8. The lowest BCUT2D eigenvalue weighted by molar-refractivity contribution is -0.311. The van der Waals surface area contributed by atoms with Crippen molar-refractivity contribution in [3.05, 3.63) is 12.4 Å². The summed E-state index contributed by atoms with van der Waals surface area (Å²) in [6, 6.07) is 0. The molecule has 15 heavy (non-hydrogen) atoms. The van der Waals surface area contributed by atoms with Gasteiger partial charge in [-0.1, -0.05) is 6.58 Å². The molecule has 1 atom stereocenters. The van der Waals surface area contributed by atoms with E-state index in [0.717, 1.165) is 0 Å². The second-order valence-electron chi connectivity index (χ2n) is 2.57. The maximum Gasteiger partial charge on any atom is 0.457 e. The van der Waals surface area contributed by atoms with Gasteiger partial charge in [0.05, 0.1) is 0 Å². The summed E-state index contributed by atoms with van der Waals surface area (Å²) >= 11 is 0. The largest absolute Gasteiger partial charge is 0.457 e. The summed E-state index contributed by atoms with van der Waals surface area (Å²) in [6.07, 6.45) is -8.69. The third-order valence-electron chi connectivity index (χ3n) is 1.39. The van der Waals surface area contributed by atoms with Gasteiger partial charge >= 0.3 is 18.1 Å². The van der Waals surface area contributed by atoms with Crippen LogP contribution in [0.5, 0.6) is 0 Å². The fourth-order valence-corrected chi connectivity index (χ4v) is 0.529. The number of rotatable bonds is 3. The van der Waals surface area contributed by atoms with Crippen molar-refractivity contribution in [2.45, 2.75) is 25.1 Å². The lowest BCUT2D eigenvalue weighted by Crippen LogP contribution is -2.47. The number of carbonyl (C=O) groups is 1. The molecule has 88 valence electrons. The van der Waals surface area contributed by atoms with Gasteiger partial charge in [-0.3, -0.25) is 0 Å². The number of hydrogen-bond donors (Lipinski definition) is 0. The smallest absolute Gasteiger partial charge is 0.451 e. The molecule has 0 heterocycles. The Hall–Kier alpha value is -1.21. The van der Waals surface area contributed by atoms with E-state index in [1.807, 2.05) is 0 Å². The van der Waals surface area contributed by atoms with Crippen molar-refractivity contribution in [2.24, 2.45) is 0 Å². The van der Waals surface area contributed by atoms with E-state index in [0.29, 0.717) is 6.92 Å². The molecule has 0 aromatic heterocycles. The molecule has 0 aliphatic rings. The average molecular weight is 236 g/mol. The predicted molar refractivity (Wildman–Crippen MR) is 36.8 cm³/mol. The maximum atomic E-state index is 12.4. The number of hydrogen-bond acceptors (Lipinski definition) is 2. The van der Waals surface area contributed by atoms with E-state index in [2.05, 4.69) is 11.3 Å². The molecular formula is C7H6F6O2. The first-order valence-corrected chi connectivity index (χ1v) is 3.50. The normalized spacial score (nSPS) is 14.6. The van der Waals surface area contributed by atoms with Crippen LogP contribution in [0.3, 0.4) is 0 Å². The van der Waals surface area contributed by atoms with Crippen LogP contribution < -0.4 is 0 Å². The summed E-state index contributed by atoms with van der Waals surface area (Å²) in [5, 5.41) is 0. The van der Waals surface area contributed by atoms with Crippen LogP contribution in [0.1, 0.15) is 6.92 Å². The van der Waals surface area contributed by atoms with Crippen LogP contribution in [0.25, 0.3) is 0 Å². The highest BCUT2D eigenvalue weighted by atomic mass is 19.4. The van der Waals surface area contributed by atoms with Crippen LogP contribution in [-0.4, -0.2) is 24.2 Å². The Kier molecular flexibility index (Phi) is 3.78. The number of ether oxygens (including phenoxy) is 1. The van der Waals surface area contributed by atoms with Crippen LogP contribution >= 0.6 is 0 Å². The van der Waals surface area contributed by atoms with Crippen molar-refractivity contribution < 1.29 is 35.9 Å². The summed E-state index contributed by atoms with van der Waals surface area (Å²) in [5.74, 6) is -8.94. The SMILES string of the molecule is C=C(F)C(=O)OC(C)C(F)(F)C(F)(F)F. The molecule has 0 rings (SSSR count). The lowest BCUT2D eigenvalue weighted by atomic mass is 10.2. The molecule has 1 unspecified atom stereocenters. The van der Waals surface area contributed by atoms with Gasteiger partial charge in [-0.2, -0.15) is 26.3 Å². The molecular weight excluding hydrogens is 230 g/mol. The van der Waals surface area contributed by atoms with E-state index in [9.17, 15) is 31.1 Å². The minimum Gasteiger partial charge on any atom is -0.451 e. The molecule has 0 aromatic carbocycles. The molecule has 0 amide bonds.